The van der Waals surface area contributed by atoms with Gasteiger partial charge in [-0.3, -0.25) is 4.79 Å². The van der Waals surface area contributed by atoms with Crippen molar-refractivity contribution < 1.29 is 22.7 Å². The molecule has 0 bridgehead atoms. The molecule has 5 nitrogen and oxygen atoms in total. The number of hydrogen-bond acceptors (Lipinski definition) is 4. The number of pyridine rings is 1. The Morgan fingerprint density at radius 1 is 1.20 bits per heavy atom. The highest BCUT2D eigenvalue weighted by Gasteiger charge is 2.13. The standard InChI is InChI=1S/C17H11BrF2N2O3/c18-10-1-6-16(21-8-10)22-17(23)15-5-3-12(25-15)9-24-14-4-2-11(19)7-13(14)20/h1-8H,9H2,(H,21,22,23). The summed E-state index contributed by atoms with van der Waals surface area (Å²) in [7, 11) is 0. The van der Waals surface area contributed by atoms with Crippen LogP contribution in [-0.4, -0.2) is 10.9 Å². The van der Waals surface area contributed by atoms with Crippen LogP contribution in [0.25, 0.3) is 0 Å². The van der Waals surface area contributed by atoms with Gasteiger partial charge in [0.25, 0.3) is 5.91 Å². The molecule has 0 saturated carbocycles. The highest BCUT2D eigenvalue weighted by Crippen LogP contribution is 2.20. The van der Waals surface area contributed by atoms with E-state index in [4.69, 9.17) is 9.15 Å². The van der Waals surface area contributed by atoms with E-state index in [0.29, 0.717) is 11.6 Å². The number of carbonyl (C=O) groups excluding carboxylic acids is 1. The van der Waals surface area contributed by atoms with Crippen molar-refractivity contribution in [2.45, 2.75) is 6.61 Å². The van der Waals surface area contributed by atoms with E-state index in [1.165, 1.54) is 18.2 Å². The Hall–Kier alpha value is -2.74. The number of furan rings is 1. The van der Waals surface area contributed by atoms with Gasteiger partial charge in [-0.2, -0.15) is 0 Å². The molecular weight excluding hydrogens is 398 g/mol. The third kappa shape index (κ3) is 4.42. The minimum absolute atomic E-state index is 0.0582. The van der Waals surface area contributed by atoms with Crippen molar-refractivity contribution in [2.75, 3.05) is 5.32 Å². The number of hydrogen-bond donors (Lipinski definition) is 1. The van der Waals surface area contributed by atoms with E-state index in [1.807, 2.05) is 0 Å². The Balaban J connectivity index is 1.61. The molecule has 128 valence electrons. The molecule has 8 heteroatoms. The number of aromatic nitrogens is 1. The first kappa shape index (κ1) is 17.1. The van der Waals surface area contributed by atoms with Crippen molar-refractivity contribution in [3.63, 3.8) is 0 Å². The summed E-state index contributed by atoms with van der Waals surface area (Å²) in [6.45, 7) is -0.105. The van der Waals surface area contributed by atoms with E-state index in [1.54, 1.807) is 18.3 Å². The summed E-state index contributed by atoms with van der Waals surface area (Å²) >= 11 is 3.25. The number of nitrogens with zero attached hydrogens (tertiary/aromatic N) is 1. The summed E-state index contributed by atoms with van der Waals surface area (Å²) < 4.78 is 37.7. The summed E-state index contributed by atoms with van der Waals surface area (Å²) in [4.78, 5) is 16.1. The van der Waals surface area contributed by atoms with Gasteiger partial charge in [-0.25, -0.2) is 13.8 Å². The van der Waals surface area contributed by atoms with Gasteiger partial charge in [0.1, 0.15) is 24.0 Å². The van der Waals surface area contributed by atoms with Crippen LogP contribution < -0.4 is 10.1 Å². The number of carbonyl (C=O) groups is 1. The number of rotatable bonds is 5. The predicted octanol–water partition coefficient (Wildman–Crippen LogP) is 4.55. The Morgan fingerprint density at radius 2 is 2.04 bits per heavy atom. The number of ether oxygens (including phenoxy) is 1. The molecule has 0 radical (unpaired) electrons. The third-order valence-corrected chi connectivity index (χ3v) is 3.59. The van der Waals surface area contributed by atoms with Crippen LogP contribution in [0.15, 0.2) is 57.6 Å². The van der Waals surface area contributed by atoms with Gasteiger partial charge in [0.2, 0.25) is 0 Å². The Bertz CT molecular complexity index is 897. The molecule has 3 aromatic rings. The highest BCUT2D eigenvalue weighted by atomic mass is 79.9. The van der Waals surface area contributed by atoms with E-state index in [2.05, 4.69) is 26.2 Å². The van der Waals surface area contributed by atoms with Gasteiger partial charge >= 0.3 is 0 Å². The van der Waals surface area contributed by atoms with Crippen LogP contribution in [0.5, 0.6) is 5.75 Å². The summed E-state index contributed by atoms with van der Waals surface area (Å²) in [5, 5.41) is 2.58. The number of benzene rings is 1. The molecule has 0 aliphatic carbocycles. The summed E-state index contributed by atoms with van der Waals surface area (Å²) in [6, 6.07) is 9.36. The third-order valence-electron chi connectivity index (χ3n) is 3.12. The van der Waals surface area contributed by atoms with Crippen LogP contribution in [0, 0.1) is 11.6 Å². The van der Waals surface area contributed by atoms with E-state index in [9.17, 15) is 13.6 Å². The second-order valence-corrected chi connectivity index (χ2v) is 5.86. The molecule has 3 rings (SSSR count). The maximum atomic E-state index is 13.5. The first-order valence-corrected chi connectivity index (χ1v) is 7.90. The molecule has 0 fully saturated rings. The van der Waals surface area contributed by atoms with Gasteiger partial charge in [-0.15, -0.1) is 0 Å². The normalized spacial score (nSPS) is 10.5. The largest absolute Gasteiger partial charge is 0.483 e. The zero-order valence-electron chi connectivity index (χ0n) is 12.6. The molecule has 2 heterocycles. The first-order valence-electron chi connectivity index (χ1n) is 7.11. The monoisotopic (exact) mass is 408 g/mol. The van der Waals surface area contributed by atoms with Gasteiger partial charge in [0, 0.05) is 16.7 Å². The van der Waals surface area contributed by atoms with E-state index in [0.717, 1.165) is 16.6 Å². The Labute approximate surface area is 149 Å². The molecular formula is C17H11BrF2N2O3. The fourth-order valence-corrected chi connectivity index (χ4v) is 2.18. The van der Waals surface area contributed by atoms with Crippen molar-refractivity contribution in [1.82, 2.24) is 4.98 Å². The van der Waals surface area contributed by atoms with Crippen molar-refractivity contribution in [3.8, 4) is 5.75 Å². The summed E-state index contributed by atoms with van der Waals surface area (Å²) in [6.07, 6.45) is 1.55. The van der Waals surface area contributed by atoms with Gasteiger partial charge < -0.3 is 14.5 Å². The molecule has 2 aromatic heterocycles. The van der Waals surface area contributed by atoms with Crippen LogP contribution in [-0.2, 0) is 6.61 Å². The molecule has 25 heavy (non-hydrogen) atoms. The lowest BCUT2D eigenvalue weighted by Gasteiger charge is -2.05. The van der Waals surface area contributed by atoms with E-state index in [-0.39, 0.29) is 18.1 Å². The average molecular weight is 409 g/mol. The van der Waals surface area contributed by atoms with Crippen LogP contribution in [0.3, 0.4) is 0 Å². The molecule has 0 saturated heterocycles. The summed E-state index contributed by atoms with van der Waals surface area (Å²) in [5.41, 5.74) is 0. The molecule has 1 N–H and O–H groups in total. The Morgan fingerprint density at radius 3 is 2.76 bits per heavy atom. The minimum Gasteiger partial charge on any atom is -0.483 e. The lowest BCUT2D eigenvalue weighted by molar-refractivity contribution is 0.0992. The molecule has 0 unspecified atom stereocenters. The first-order chi connectivity index (χ1) is 12.0. The zero-order chi connectivity index (χ0) is 17.8. The topological polar surface area (TPSA) is 64.4 Å². The maximum Gasteiger partial charge on any atom is 0.292 e. The predicted molar refractivity (Wildman–Crippen MR) is 89.3 cm³/mol. The highest BCUT2D eigenvalue weighted by molar-refractivity contribution is 9.10. The SMILES string of the molecule is O=C(Nc1ccc(Br)cn1)c1ccc(COc2ccc(F)cc2F)o1. The maximum absolute atomic E-state index is 13.5. The molecule has 0 aliphatic heterocycles. The number of anilines is 1. The van der Waals surface area contributed by atoms with Crippen LogP contribution in [0.1, 0.15) is 16.3 Å². The zero-order valence-corrected chi connectivity index (χ0v) is 14.2. The quantitative estimate of drug-likeness (QED) is 0.672. The van der Waals surface area contributed by atoms with Crippen molar-refractivity contribution >= 4 is 27.7 Å². The molecule has 0 aliphatic rings. The van der Waals surface area contributed by atoms with E-state index >= 15 is 0 Å². The van der Waals surface area contributed by atoms with Crippen molar-refractivity contribution in [3.05, 3.63) is 76.3 Å². The van der Waals surface area contributed by atoms with Crippen LogP contribution in [0.2, 0.25) is 0 Å². The second-order valence-electron chi connectivity index (χ2n) is 4.95. The van der Waals surface area contributed by atoms with Gasteiger partial charge in [0.05, 0.1) is 0 Å². The smallest absolute Gasteiger partial charge is 0.292 e. The minimum atomic E-state index is -0.814. The van der Waals surface area contributed by atoms with Crippen molar-refractivity contribution in [1.29, 1.82) is 0 Å². The van der Waals surface area contributed by atoms with Gasteiger partial charge in [-0.1, -0.05) is 0 Å². The second kappa shape index (κ2) is 7.43. The van der Waals surface area contributed by atoms with Crippen molar-refractivity contribution in [2.24, 2.45) is 0 Å². The lowest BCUT2D eigenvalue weighted by Crippen LogP contribution is -2.11. The lowest BCUT2D eigenvalue weighted by atomic mass is 10.3. The summed E-state index contributed by atoms with van der Waals surface area (Å²) in [5.74, 6) is -1.34. The van der Waals surface area contributed by atoms with E-state index < -0.39 is 17.5 Å². The number of halogens is 3. The molecule has 0 atom stereocenters. The number of nitrogens with one attached hydrogen (secondary N) is 1. The molecule has 0 spiro atoms. The Kier molecular flexibility index (Phi) is 5.08. The van der Waals surface area contributed by atoms with Gasteiger partial charge in [-0.05, 0) is 52.3 Å². The van der Waals surface area contributed by atoms with Gasteiger partial charge in [0.15, 0.2) is 17.3 Å². The van der Waals surface area contributed by atoms with Crippen LogP contribution >= 0.6 is 15.9 Å². The fourth-order valence-electron chi connectivity index (χ4n) is 1.95. The van der Waals surface area contributed by atoms with Crippen LogP contribution in [0.4, 0.5) is 14.6 Å². The number of amides is 1. The fraction of sp³-hybridized carbons (Fsp3) is 0.0588. The molecule has 1 amide bonds. The average Bonchev–Trinajstić information content (AvgIpc) is 3.05. The molecule has 1 aromatic carbocycles.